The van der Waals surface area contributed by atoms with Gasteiger partial charge in [-0.2, -0.15) is 0 Å². The molecule has 0 spiro atoms. The Kier molecular flexibility index (Phi) is 6.24. The summed E-state index contributed by atoms with van der Waals surface area (Å²) in [5.74, 6) is 1.62. The summed E-state index contributed by atoms with van der Waals surface area (Å²) in [5.41, 5.74) is 2.87. The Morgan fingerprint density at radius 2 is 1.90 bits per heavy atom. The lowest BCUT2D eigenvalue weighted by Crippen LogP contribution is -2.21. The number of hydrogen-bond acceptors (Lipinski definition) is 4. The molecule has 4 rings (SSSR count). The van der Waals surface area contributed by atoms with E-state index in [-0.39, 0.29) is 0 Å². The van der Waals surface area contributed by atoms with Crippen LogP contribution in [0.4, 0.5) is 0 Å². The van der Waals surface area contributed by atoms with Gasteiger partial charge in [-0.1, -0.05) is 53.5 Å². The molecule has 0 amide bonds. The van der Waals surface area contributed by atoms with Crippen molar-refractivity contribution in [1.29, 1.82) is 0 Å². The molecule has 0 saturated carbocycles. The number of hydrogen-bond donors (Lipinski definition) is 1. The molecule has 0 unspecified atom stereocenters. The zero-order chi connectivity index (χ0) is 20.2. The van der Waals surface area contributed by atoms with E-state index >= 15 is 0 Å². The molecule has 0 saturated heterocycles. The topological polar surface area (TPSA) is 42.9 Å². The molecule has 1 N–H and O–H groups in total. The van der Waals surface area contributed by atoms with Crippen LogP contribution in [0.5, 0.6) is 5.75 Å². The van der Waals surface area contributed by atoms with Gasteiger partial charge >= 0.3 is 0 Å². The first-order chi connectivity index (χ1) is 14.2. The fourth-order valence-corrected chi connectivity index (χ4v) is 3.82. The summed E-state index contributed by atoms with van der Waals surface area (Å²) in [6.07, 6.45) is 0. The molecule has 1 heterocycles. The van der Waals surface area contributed by atoms with Gasteiger partial charge in [0.15, 0.2) is 0 Å². The Labute approximate surface area is 180 Å². The van der Waals surface area contributed by atoms with E-state index in [2.05, 4.69) is 28.5 Å². The molecular formula is C23H22Cl2N2O2. The van der Waals surface area contributed by atoms with Gasteiger partial charge in [0, 0.05) is 18.7 Å². The van der Waals surface area contributed by atoms with Crippen molar-refractivity contribution in [2.45, 2.75) is 6.92 Å². The monoisotopic (exact) mass is 428 g/mol. The summed E-state index contributed by atoms with van der Waals surface area (Å²) in [6, 6.07) is 16.0. The maximum absolute atomic E-state index is 6.35. The Hall–Kier alpha value is -2.27. The highest BCUT2D eigenvalue weighted by atomic mass is 35.5. The van der Waals surface area contributed by atoms with E-state index in [1.54, 1.807) is 0 Å². The number of rotatable bonds is 7. The molecular weight excluding hydrogens is 407 g/mol. The molecule has 0 aliphatic carbocycles. The van der Waals surface area contributed by atoms with Crippen molar-refractivity contribution in [1.82, 2.24) is 5.32 Å². The van der Waals surface area contributed by atoms with E-state index < -0.39 is 0 Å². The highest BCUT2D eigenvalue weighted by Crippen LogP contribution is 2.42. The molecule has 3 aromatic rings. The van der Waals surface area contributed by atoms with E-state index in [0.717, 1.165) is 52.1 Å². The number of amidine groups is 1. The van der Waals surface area contributed by atoms with Gasteiger partial charge in [-0.05, 0) is 41.5 Å². The third-order valence-corrected chi connectivity index (χ3v) is 5.56. The average molecular weight is 429 g/mol. The molecule has 1 aliphatic heterocycles. The van der Waals surface area contributed by atoms with E-state index in [1.807, 2.05) is 37.3 Å². The lowest BCUT2D eigenvalue weighted by atomic mass is 9.93. The third-order valence-electron chi connectivity index (χ3n) is 4.82. The van der Waals surface area contributed by atoms with Crippen LogP contribution in [0.3, 0.4) is 0 Å². The van der Waals surface area contributed by atoms with Gasteiger partial charge in [-0.25, -0.2) is 0 Å². The summed E-state index contributed by atoms with van der Waals surface area (Å²) < 4.78 is 11.8. The molecule has 3 aromatic carbocycles. The number of nitrogens with zero attached hydrogens (tertiary/aromatic N) is 1. The minimum absolute atomic E-state index is 0.445. The van der Waals surface area contributed by atoms with Crippen molar-refractivity contribution in [3.05, 3.63) is 64.1 Å². The Bertz CT molecular complexity index is 1070. The summed E-state index contributed by atoms with van der Waals surface area (Å²) in [5, 5.41) is 6.60. The van der Waals surface area contributed by atoms with Gasteiger partial charge in [0.1, 0.15) is 18.2 Å². The van der Waals surface area contributed by atoms with Crippen LogP contribution in [0.2, 0.25) is 10.0 Å². The molecule has 0 aromatic heterocycles. The van der Waals surface area contributed by atoms with Crippen LogP contribution in [0.1, 0.15) is 12.5 Å². The second kappa shape index (κ2) is 9.04. The van der Waals surface area contributed by atoms with Gasteiger partial charge in [0.2, 0.25) is 0 Å². The molecule has 0 radical (unpaired) electrons. The summed E-state index contributed by atoms with van der Waals surface area (Å²) in [4.78, 5) is 4.63. The van der Waals surface area contributed by atoms with E-state index in [9.17, 15) is 0 Å². The second-order valence-corrected chi connectivity index (χ2v) is 7.50. The SMILES string of the molecule is CCOCCOc1c(C2=NCCN2)cc2ccccc2c1-c1ccc(Cl)c(Cl)c1. The van der Waals surface area contributed by atoms with Crippen molar-refractivity contribution in [3.63, 3.8) is 0 Å². The van der Waals surface area contributed by atoms with E-state index in [4.69, 9.17) is 32.7 Å². The zero-order valence-electron chi connectivity index (χ0n) is 16.2. The maximum Gasteiger partial charge on any atom is 0.138 e. The predicted octanol–water partition coefficient (Wildman–Crippen LogP) is 5.58. The van der Waals surface area contributed by atoms with Crippen molar-refractivity contribution >= 4 is 39.8 Å². The van der Waals surface area contributed by atoms with Gasteiger partial charge < -0.3 is 14.8 Å². The van der Waals surface area contributed by atoms with Gasteiger partial charge in [-0.15, -0.1) is 0 Å². The van der Waals surface area contributed by atoms with Crippen LogP contribution in [0.25, 0.3) is 21.9 Å². The van der Waals surface area contributed by atoms with Crippen molar-refractivity contribution in [2.75, 3.05) is 32.9 Å². The zero-order valence-corrected chi connectivity index (χ0v) is 17.7. The molecule has 4 nitrogen and oxygen atoms in total. The predicted molar refractivity (Wildman–Crippen MR) is 121 cm³/mol. The van der Waals surface area contributed by atoms with Crippen LogP contribution in [-0.4, -0.2) is 38.7 Å². The number of ether oxygens (including phenoxy) is 2. The first-order valence-corrected chi connectivity index (χ1v) is 10.4. The largest absolute Gasteiger partial charge is 0.490 e. The number of nitrogens with one attached hydrogen (secondary N) is 1. The smallest absolute Gasteiger partial charge is 0.138 e. The number of benzene rings is 3. The Morgan fingerprint density at radius 3 is 2.66 bits per heavy atom. The number of halogens is 2. The van der Waals surface area contributed by atoms with Crippen LogP contribution < -0.4 is 10.1 Å². The highest BCUT2D eigenvalue weighted by Gasteiger charge is 2.22. The number of fused-ring (bicyclic) bond motifs is 1. The normalized spacial score (nSPS) is 13.4. The average Bonchev–Trinajstić information content (AvgIpc) is 3.27. The molecule has 29 heavy (non-hydrogen) atoms. The van der Waals surface area contributed by atoms with Crippen LogP contribution in [0, 0.1) is 0 Å². The molecule has 1 aliphatic rings. The van der Waals surface area contributed by atoms with Crippen molar-refractivity contribution < 1.29 is 9.47 Å². The van der Waals surface area contributed by atoms with E-state index in [0.29, 0.717) is 29.9 Å². The molecule has 150 valence electrons. The Morgan fingerprint density at radius 1 is 1.03 bits per heavy atom. The quantitative estimate of drug-likeness (QED) is 0.499. The van der Waals surface area contributed by atoms with Crippen LogP contribution >= 0.6 is 23.2 Å². The van der Waals surface area contributed by atoms with Crippen molar-refractivity contribution in [2.24, 2.45) is 4.99 Å². The van der Waals surface area contributed by atoms with Crippen LogP contribution in [-0.2, 0) is 4.74 Å². The standard InChI is InChI=1S/C23H22Cl2N2O2/c1-2-28-11-12-29-22-18(23-26-9-10-27-23)13-15-5-3-4-6-17(15)21(22)16-7-8-19(24)20(25)14-16/h3-8,13-14H,2,9-12H2,1H3,(H,26,27). The molecule has 6 heteroatoms. The lowest BCUT2D eigenvalue weighted by molar-refractivity contribution is 0.110. The first-order valence-electron chi connectivity index (χ1n) is 9.69. The third kappa shape index (κ3) is 4.20. The maximum atomic E-state index is 6.35. The van der Waals surface area contributed by atoms with Crippen LogP contribution in [0.15, 0.2) is 53.5 Å². The van der Waals surface area contributed by atoms with Crippen molar-refractivity contribution in [3.8, 4) is 16.9 Å². The number of aliphatic imine (C=N–C) groups is 1. The summed E-state index contributed by atoms with van der Waals surface area (Å²) >= 11 is 12.5. The first kappa shape index (κ1) is 20.0. The van der Waals surface area contributed by atoms with Gasteiger partial charge in [0.05, 0.1) is 28.8 Å². The molecule has 0 fully saturated rings. The van der Waals surface area contributed by atoms with Gasteiger partial charge in [-0.3, -0.25) is 4.99 Å². The minimum atomic E-state index is 0.445. The molecule has 0 atom stereocenters. The minimum Gasteiger partial charge on any atom is -0.490 e. The van der Waals surface area contributed by atoms with Gasteiger partial charge in [0.25, 0.3) is 0 Å². The summed E-state index contributed by atoms with van der Waals surface area (Å²) in [7, 11) is 0. The fraction of sp³-hybridized carbons (Fsp3) is 0.261. The highest BCUT2D eigenvalue weighted by molar-refractivity contribution is 6.42. The fourth-order valence-electron chi connectivity index (χ4n) is 3.52. The Balaban J connectivity index is 1.94. The van der Waals surface area contributed by atoms with E-state index in [1.165, 1.54) is 0 Å². The lowest BCUT2D eigenvalue weighted by Gasteiger charge is -2.19. The summed E-state index contributed by atoms with van der Waals surface area (Å²) in [6.45, 7) is 5.16. The second-order valence-electron chi connectivity index (χ2n) is 6.68. The molecule has 0 bridgehead atoms.